The molecule has 2 aromatic rings. The Bertz CT molecular complexity index is 754. The van der Waals surface area contributed by atoms with Gasteiger partial charge in [0.05, 0.1) is 0 Å². The van der Waals surface area contributed by atoms with Crippen molar-refractivity contribution in [3.63, 3.8) is 0 Å². The van der Waals surface area contributed by atoms with Crippen molar-refractivity contribution in [2.45, 2.75) is 6.92 Å². The molecule has 3 rings (SSSR count). The summed E-state index contributed by atoms with van der Waals surface area (Å²) in [6.07, 6.45) is 0. The number of rotatable bonds is 3. The summed E-state index contributed by atoms with van der Waals surface area (Å²) >= 11 is 5.96. The van der Waals surface area contributed by atoms with Gasteiger partial charge in [-0.05, 0) is 18.2 Å². The summed E-state index contributed by atoms with van der Waals surface area (Å²) in [7, 11) is 0. The van der Waals surface area contributed by atoms with Crippen molar-refractivity contribution in [2.24, 2.45) is 0 Å². The number of carbonyl (C=O) groups excluding carboxylic acids is 2. The highest BCUT2D eigenvalue weighted by Gasteiger charge is 2.27. The van der Waals surface area contributed by atoms with Gasteiger partial charge in [0.2, 0.25) is 5.91 Å². The van der Waals surface area contributed by atoms with Crippen molar-refractivity contribution in [1.82, 2.24) is 25.2 Å². The molecule has 8 nitrogen and oxygen atoms in total. The lowest BCUT2D eigenvalue weighted by atomic mass is 10.2. The normalized spacial score (nSPS) is 14.6. The number of H-pyrrole nitrogens is 1. The van der Waals surface area contributed by atoms with E-state index >= 15 is 0 Å². The smallest absolute Gasteiger partial charge is 0.278 e. The van der Waals surface area contributed by atoms with Crippen LogP contribution in [0.2, 0.25) is 5.02 Å². The Morgan fingerprint density at radius 2 is 1.88 bits per heavy atom. The number of nitrogens with one attached hydrogen (secondary N) is 2. The molecule has 2 heterocycles. The molecule has 24 heavy (non-hydrogen) atoms. The summed E-state index contributed by atoms with van der Waals surface area (Å²) < 4.78 is 0. The molecule has 0 bridgehead atoms. The second-order valence-corrected chi connectivity index (χ2v) is 5.89. The molecule has 126 valence electrons. The van der Waals surface area contributed by atoms with Gasteiger partial charge in [0, 0.05) is 43.8 Å². The van der Waals surface area contributed by atoms with Gasteiger partial charge >= 0.3 is 0 Å². The van der Waals surface area contributed by atoms with Gasteiger partial charge in [-0.15, -0.1) is 10.2 Å². The molecule has 1 saturated heterocycles. The van der Waals surface area contributed by atoms with Crippen molar-refractivity contribution in [3.05, 3.63) is 35.0 Å². The molecular formula is C15H17ClN6O2. The number of amides is 2. The van der Waals surface area contributed by atoms with Crippen LogP contribution in [-0.4, -0.2) is 63.2 Å². The zero-order valence-electron chi connectivity index (χ0n) is 13.1. The monoisotopic (exact) mass is 348 g/mol. The number of benzene rings is 1. The second-order valence-electron chi connectivity index (χ2n) is 5.45. The summed E-state index contributed by atoms with van der Waals surface area (Å²) in [5.41, 5.74) is 0.929. The molecule has 0 atom stereocenters. The standard InChI is InChI=1S/C15H17ClN6O2/c1-10(23)21-5-7-22(8-6-21)15(24)13-14(19-20-18-13)17-12-4-2-3-11(16)9-12/h2-4,9H,5-8H2,1H3,(H2,17,18,19,20). The number of hydrogen-bond acceptors (Lipinski definition) is 5. The lowest BCUT2D eigenvalue weighted by Crippen LogP contribution is -2.50. The van der Waals surface area contributed by atoms with Crippen molar-refractivity contribution in [3.8, 4) is 0 Å². The van der Waals surface area contributed by atoms with Gasteiger partial charge in [0.25, 0.3) is 5.91 Å². The SMILES string of the molecule is CC(=O)N1CCN(C(=O)c2n[nH]nc2Nc2cccc(Cl)c2)CC1. The van der Waals surface area contributed by atoms with Crippen molar-refractivity contribution in [1.29, 1.82) is 0 Å². The summed E-state index contributed by atoms with van der Waals surface area (Å²) in [5.74, 6) is 0.139. The third-order valence-corrected chi connectivity index (χ3v) is 4.09. The van der Waals surface area contributed by atoms with E-state index in [0.29, 0.717) is 42.7 Å². The molecule has 0 saturated carbocycles. The summed E-state index contributed by atoms with van der Waals surface area (Å²) in [4.78, 5) is 27.4. The van der Waals surface area contributed by atoms with E-state index in [0.717, 1.165) is 0 Å². The Morgan fingerprint density at radius 1 is 1.17 bits per heavy atom. The van der Waals surface area contributed by atoms with Crippen LogP contribution in [0.25, 0.3) is 0 Å². The summed E-state index contributed by atoms with van der Waals surface area (Å²) in [6.45, 7) is 3.53. The molecule has 0 aliphatic carbocycles. The van der Waals surface area contributed by atoms with Crippen molar-refractivity contribution >= 4 is 34.9 Å². The van der Waals surface area contributed by atoms with Crippen LogP contribution in [0.15, 0.2) is 24.3 Å². The van der Waals surface area contributed by atoms with Gasteiger partial charge in [-0.25, -0.2) is 0 Å². The zero-order valence-corrected chi connectivity index (χ0v) is 13.9. The number of halogens is 1. The van der Waals surface area contributed by atoms with Gasteiger partial charge in [-0.3, -0.25) is 9.59 Å². The summed E-state index contributed by atoms with van der Waals surface area (Å²) in [6, 6.07) is 7.11. The fourth-order valence-electron chi connectivity index (χ4n) is 2.54. The topological polar surface area (TPSA) is 94.2 Å². The van der Waals surface area contributed by atoms with Crippen LogP contribution in [-0.2, 0) is 4.79 Å². The zero-order chi connectivity index (χ0) is 17.1. The van der Waals surface area contributed by atoms with Crippen LogP contribution in [0.5, 0.6) is 0 Å². The second kappa shape index (κ2) is 6.88. The highest BCUT2D eigenvalue weighted by atomic mass is 35.5. The third kappa shape index (κ3) is 3.48. The molecule has 0 unspecified atom stereocenters. The fraction of sp³-hybridized carbons (Fsp3) is 0.333. The minimum atomic E-state index is -0.225. The maximum atomic E-state index is 12.6. The van der Waals surface area contributed by atoms with Crippen molar-refractivity contribution < 1.29 is 9.59 Å². The number of carbonyl (C=O) groups is 2. The predicted molar refractivity (Wildman–Crippen MR) is 89.3 cm³/mol. The van der Waals surface area contributed by atoms with Gasteiger partial charge in [-0.2, -0.15) is 5.21 Å². The average molecular weight is 349 g/mol. The Morgan fingerprint density at radius 3 is 2.54 bits per heavy atom. The van der Waals surface area contributed by atoms with Crippen molar-refractivity contribution in [2.75, 3.05) is 31.5 Å². The lowest BCUT2D eigenvalue weighted by Gasteiger charge is -2.33. The Kier molecular flexibility index (Phi) is 4.66. The van der Waals surface area contributed by atoms with E-state index in [-0.39, 0.29) is 17.5 Å². The first-order chi connectivity index (χ1) is 11.5. The first-order valence-corrected chi connectivity index (χ1v) is 7.90. The molecule has 9 heteroatoms. The molecule has 1 aliphatic heterocycles. The quantitative estimate of drug-likeness (QED) is 0.876. The minimum absolute atomic E-state index is 0.0202. The first kappa shape index (κ1) is 16.3. The van der Waals surface area contributed by atoms with E-state index in [4.69, 9.17) is 11.6 Å². The first-order valence-electron chi connectivity index (χ1n) is 7.53. The molecule has 1 aromatic heterocycles. The Hall–Kier alpha value is -2.61. The average Bonchev–Trinajstić information content (AvgIpc) is 3.02. The van der Waals surface area contributed by atoms with E-state index in [1.54, 1.807) is 28.0 Å². The van der Waals surface area contributed by atoms with E-state index in [1.165, 1.54) is 6.92 Å². The number of anilines is 2. The Labute approximate surface area is 143 Å². The van der Waals surface area contributed by atoms with Gasteiger partial charge < -0.3 is 15.1 Å². The predicted octanol–water partition coefficient (Wildman–Crippen LogP) is 1.51. The van der Waals surface area contributed by atoms with E-state index in [9.17, 15) is 9.59 Å². The lowest BCUT2D eigenvalue weighted by molar-refractivity contribution is -0.130. The fourth-order valence-corrected chi connectivity index (χ4v) is 2.73. The van der Waals surface area contributed by atoms with E-state index in [1.807, 2.05) is 6.07 Å². The number of piperazine rings is 1. The van der Waals surface area contributed by atoms with Crippen LogP contribution in [0.4, 0.5) is 11.5 Å². The largest absolute Gasteiger partial charge is 0.339 e. The molecule has 2 N–H and O–H groups in total. The number of aromatic nitrogens is 3. The number of nitrogens with zero attached hydrogens (tertiary/aromatic N) is 4. The van der Waals surface area contributed by atoms with Crippen LogP contribution >= 0.6 is 11.6 Å². The molecule has 0 spiro atoms. The van der Waals surface area contributed by atoms with Crippen LogP contribution < -0.4 is 5.32 Å². The maximum absolute atomic E-state index is 12.6. The van der Waals surface area contributed by atoms with Crippen LogP contribution in [0.3, 0.4) is 0 Å². The molecule has 2 amide bonds. The number of aromatic amines is 1. The highest BCUT2D eigenvalue weighted by Crippen LogP contribution is 2.21. The minimum Gasteiger partial charge on any atom is -0.339 e. The van der Waals surface area contributed by atoms with Gasteiger partial charge in [-0.1, -0.05) is 17.7 Å². The number of hydrogen-bond donors (Lipinski definition) is 2. The van der Waals surface area contributed by atoms with Gasteiger partial charge in [0.15, 0.2) is 11.5 Å². The van der Waals surface area contributed by atoms with Crippen LogP contribution in [0, 0.1) is 0 Å². The molecule has 0 radical (unpaired) electrons. The summed E-state index contributed by atoms with van der Waals surface area (Å²) in [5, 5.41) is 14.1. The Balaban J connectivity index is 1.71. The third-order valence-electron chi connectivity index (χ3n) is 3.85. The van der Waals surface area contributed by atoms with E-state index in [2.05, 4.69) is 20.7 Å². The highest BCUT2D eigenvalue weighted by molar-refractivity contribution is 6.30. The molecule has 1 fully saturated rings. The van der Waals surface area contributed by atoms with Gasteiger partial charge in [0.1, 0.15) is 0 Å². The van der Waals surface area contributed by atoms with E-state index < -0.39 is 0 Å². The molecule has 1 aromatic carbocycles. The van der Waals surface area contributed by atoms with Crippen LogP contribution in [0.1, 0.15) is 17.4 Å². The molecule has 1 aliphatic rings. The maximum Gasteiger partial charge on any atom is 0.278 e. The molecular weight excluding hydrogens is 332 g/mol.